The number of aromatic nitrogens is 4. The topological polar surface area (TPSA) is 81.8 Å². The molecule has 0 radical (unpaired) electrons. The molecule has 31 heavy (non-hydrogen) atoms. The summed E-state index contributed by atoms with van der Waals surface area (Å²) in [6.07, 6.45) is 3.59. The molecule has 2 aromatic heterocycles. The van der Waals surface area contributed by atoms with E-state index in [9.17, 15) is 9.59 Å². The van der Waals surface area contributed by atoms with E-state index in [-0.39, 0.29) is 16.9 Å². The molecule has 0 aliphatic heterocycles. The van der Waals surface area contributed by atoms with Crippen LogP contribution in [0.3, 0.4) is 0 Å². The SMILES string of the molecule is CC(C)(C)CC(=O)NCCn1ncc2c(=O)n(Cc3cccc4ccccc34)cnc21. The molecule has 2 aromatic carbocycles. The molecule has 0 fully saturated rings. The number of fused-ring (bicyclic) bond motifs is 2. The molecule has 160 valence electrons. The summed E-state index contributed by atoms with van der Waals surface area (Å²) in [6, 6.07) is 14.2. The normalized spacial score (nSPS) is 11.8. The van der Waals surface area contributed by atoms with Crippen molar-refractivity contribution in [2.75, 3.05) is 6.54 Å². The summed E-state index contributed by atoms with van der Waals surface area (Å²) in [5.74, 6) is 0.00867. The van der Waals surface area contributed by atoms with Gasteiger partial charge in [0.25, 0.3) is 5.56 Å². The summed E-state index contributed by atoms with van der Waals surface area (Å²) in [4.78, 5) is 29.5. The molecule has 0 atom stereocenters. The zero-order chi connectivity index (χ0) is 22.0. The van der Waals surface area contributed by atoms with Gasteiger partial charge in [0.15, 0.2) is 5.65 Å². The van der Waals surface area contributed by atoms with Gasteiger partial charge in [-0.15, -0.1) is 0 Å². The van der Waals surface area contributed by atoms with Crippen molar-refractivity contribution in [1.29, 1.82) is 0 Å². The van der Waals surface area contributed by atoms with E-state index in [1.54, 1.807) is 21.8 Å². The minimum Gasteiger partial charge on any atom is -0.354 e. The lowest BCUT2D eigenvalue weighted by Crippen LogP contribution is -2.30. The predicted octanol–water partition coefficient (Wildman–Crippen LogP) is 3.35. The van der Waals surface area contributed by atoms with E-state index in [1.165, 1.54) is 0 Å². The third-order valence-electron chi connectivity index (χ3n) is 5.18. The van der Waals surface area contributed by atoms with E-state index in [0.717, 1.165) is 16.3 Å². The molecule has 0 aliphatic rings. The molecule has 1 amide bonds. The lowest BCUT2D eigenvalue weighted by atomic mass is 9.92. The molecule has 1 N–H and O–H groups in total. The molecule has 0 unspecified atom stereocenters. The summed E-state index contributed by atoms with van der Waals surface area (Å²) in [5.41, 5.74) is 1.42. The fourth-order valence-corrected chi connectivity index (χ4v) is 3.73. The predicted molar refractivity (Wildman–Crippen MR) is 122 cm³/mol. The van der Waals surface area contributed by atoms with Gasteiger partial charge in [0.1, 0.15) is 11.7 Å². The monoisotopic (exact) mass is 417 g/mol. The van der Waals surface area contributed by atoms with Gasteiger partial charge in [-0.3, -0.25) is 14.2 Å². The summed E-state index contributed by atoms with van der Waals surface area (Å²) in [6.45, 7) is 7.42. The van der Waals surface area contributed by atoms with Crippen LogP contribution in [0.2, 0.25) is 0 Å². The summed E-state index contributed by atoms with van der Waals surface area (Å²) >= 11 is 0. The Kier molecular flexibility index (Phi) is 5.59. The van der Waals surface area contributed by atoms with Crippen molar-refractivity contribution in [1.82, 2.24) is 24.6 Å². The number of carbonyl (C=O) groups excluding carboxylic acids is 1. The van der Waals surface area contributed by atoms with Gasteiger partial charge in [0, 0.05) is 13.0 Å². The van der Waals surface area contributed by atoms with Crippen molar-refractivity contribution in [2.45, 2.75) is 40.3 Å². The second kappa shape index (κ2) is 8.34. The largest absolute Gasteiger partial charge is 0.354 e. The van der Waals surface area contributed by atoms with Gasteiger partial charge in [-0.2, -0.15) is 5.10 Å². The first-order chi connectivity index (χ1) is 14.8. The Labute approximate surface area is 180 Å². The first kappa shape index (κ1) is 20.8. The summed E-state index contributed by atoms with van der Waals surface area (Å²) in [7, 11) is 0. The fourth-order valence-electron chi connectivity index (χ4n) is 3.73. The van der Waals surface area contributed by atoms with Crippen molar-refractivity contribution in [2.24, 2.45) is 5.41 Å². The van der Waals surface area contributed by atoms with E-state index < -0.39 is 0 Å². The van der Waals surface area contributed by atoms with Crippen LogP contribution < -0.4 is 10.9 Å². The highest BCUT2D eigenvalue weighted by Crippen LogP contribution is 2.19. The maximum absolute atomic E-state index is 13.0. The molecular weight excluding hydrogens is 390 g/mol. The molecule has 7 nitrogen and oxygen atoms in total. The Bertz CT molecular complexity index is 1290. The molecular formula is C24H27N5O2. The molecule has 0 aliphatic carbocycles. The Morgan fingerprint density at radius 3 is 2.65 bits per heavy atom. The Hall–Kier alpha value is -3.48. The van der Waals surface area contributed by atoms with Gasteiger partial charge in [-0.25, -0.2) is 9.67 Å². The maximum atomic E-state index is 13.0. The highest BCUT2D eigenvalue weighted by atomic mass is 16.1. The second-order valence-corrected chi connectivity index (χ2v) is 9.01. The van der Waals surface area contributed by atoms with Gasteiger partial charge in [0.2, 0.25) is 5.91 Å². The van der Waals surface area contributed by atoms with Crippen LogP contribution in [0.1, 0.15) is 32.8 Å². The number of hydrogen-bond donors (Lipinski definition) is 1. The Morgan fingerprint density at radius 2 is 1.84 bits per heavy atom. The van der Waals surface area contributed by atoms with Gasteiger partial charge < -0.3 is 5.32 Å². The highest BCUT2D eigenvalue weighted by Gasteiger charge is 2.16. The average molecular weight is 418 g/mol. The molecule has 7 heteroatoms. The fraction of sp³-hybridized carbons (Fsp3) is 0.333. The van der Waals surface area contributed by atoms with Crippen LogP contribution in [-0.4, -0.2) is 31.8 Å². The average Bonchev–Trinajstić information content (AvgIpc) is 3.13. The molecule has 0 bridgehead atoms. The van der Waals surface area contributed by atoms with E-state index in [1.807, 2.05) is 45.0 Å². The van der Waals surface area contributed by atoms with E-state index in [0.29, 0.717) is 37.1 Å². The molecule has 4 aromatic rings. The molecule has 0 saturated carbocycles. The van der Waals surface area contributed by atoms with Crippen LogP contribution in [0.25, 0.3) is 21.8 Å². The van der Waals surface area contributed by atoms with Crippen molar-refractivity contribution >= 4 is 27.7 Å². The van der Waals surface area contributed by atoms with Gasteiger partial charge in [-0.1, -0.05) is 63.2 Å². The number of nitrogens with zero attached hydrogens (tertiary/aromatic N) is 4. The third kappa shape index (κ3) is 4.66. The van der Waals surface area contributed by atoms with Gasteiger partial charge in [-0.05, 0) is 21.8 Å². The lowest BCUT2D eigenvalue weighted by Gasteiger charge is -2.17. The van der Waals surface area contributed by atoms with Crippen LogP contribution in [0.15, 0.2) is 59.8 Å². The van der Waals surface area contributed by atoms with Crippen LogP contribution in [-0.2, 0) is 17.9 Å². The van der Waals surface area contributed by atoms with E-state index in [4.69, 9.17) is 0 Å². The third-order valence-corrected chi connectivity index (χ3v) is 5.18. The highest BCUT2D eigenvalue weighted by molar-refractivity contribution is 5.85. The molecule has 2 heterocycles. The van der Waals surface area contributed by atoms with Crippen LogP contribution >= 0.6 is 0 Å². The first-order valence-electron chi connectivity index (χ1n) is 10.5. The number of benzene rings is 2. The number of carbonyl (C=O) groups is 1. The minimum atomic E-state index is -0.124. The van der Waals surface area contributed by atoms with Crippen molar-refractivity contribution in [3.05, 3.63) is 70.9 Å². The molecule has 0 saturated heterocycles. The second-order valence-electron chi connectivity index (χ2n) is 9.01. The molecule has 4 rings (SSSR count). The molecule has 0 spiro atoms. The van der Waals surface area contributed by atoms with Gasteiger partial charge >= 0.3 is 0 Å². The van der Waals surface area contributed by atoms with Crippen molar-refractivity contribution < 1.29 is 4.79 Å². The number of rotatable bonds is 6. The van der Waals surface area contributed by atoms with Crippen LogP contribution in [0, 0.1) is 5.41 Å². The van der Waals surface area contributed by atoms with Gasteiger partial charge in [0.05, 0.1) is 19.3 Å². The standard InChI is InChI=1S/C24H27N5O2/c1-24(2,3)13-21(30)25-11-12-29-22-20(14-27-29)23(31)28(16-26-22)15-18-9-6-8-17-7-4-5-10-19(17)18/h4-10,14,16H,11-13,15H2,1-3H3,(H,25,30). The van der Waals surface area contributed by atoms with E-state index in [2.05, 4.69) is 33.6 Å². The number of amides is 1. The minimum absolute atomic E-state index is 0.00867. The maximum Gasteiger partial charge on any atom is 0.264 e. The van der Waals surface area contributed by atoms with E-state index >= 15 is 0 Å². The Balaban J connectivity index is 1.52. The van der Waals surface area contributed by atoms with Crippen molar-refractivity contribution in [3.63, 3.8) is 0 Å². The number of nitrogens with one attached hydrogen (secondary N) is 1. The summed E-state index contributed by atoms with van der Waals surface area (Å²) in [5, 5.41) is 9.96. The quantitative estimate of drug-likeness (QED) is 0.522. The number of hydrogen-bond acceptors (Lipinski definition) is 4. The van der Waals surface area contributed by atoms with Crippen LogP contribution in [0.4, 0.5) is 0 Å². The Morgan fingerprint density at radius 1 is 1.06 bits per heavy atom. The lowest BCUT2D eigenvalue weighted by molar-refractivity contribution is -0.122. The zero-order valence-corrected chi connectivity index (χ0v) is 18.1. The summed E-state index contributed by atoms with van der Waals surface area (Å²) < 4.78 is 3.28. The zero-order valence-electron chi connectivity index (χ0n) is 18.1. The smallest absolute Gasteiger partial charge is 0.264 e. The first-order valence-corrected chi connectivity index (χ1v) is 10.5. The van der Waals surface area contributed by atoms with Crippen LogP contribution in [0.5, 0.6) is 0 Å². The van der Waals surface area contributed by atoms with Crippen molar-refractivity contribution in [3.8, 4) is 0 Å².